The maximum Gasteiger partial charge on any atom is 0.331 e. The number of hydrogen-bond donors (Lipinski definition) is 3. The minimum Gasteiger partial charge on any atom is -0.458 e. The maximum atomic E-state index is 11.7. The molecule has 4 aliphatic carbocycles. The summed E-state index contributed by atoms with van der Waals surface area (Å²) in [6, 6.07) is 0. The van der Waals surface area contributed by atoms with Gasteiger partial charge in [-0.3, -0.25) is 0 Å². The third-order valence-corrected chi connectivity index (χ3v) is 11.2. The summed E-state index contributed by atoms with van der Waals surface area (Å²) in [4.78, 5) is 11.7. The molecule has 0 unspecified atom stereocenters. The largest absolute Gasteiger partial charge is 0.458 e. The Morgan fingerprint density at radius 2 is 1.74 bits per heavy atom. The molecule has 0 spiro atoms. The zero-order valence-corrected chi connectivity index (χ0v) is 21.1. The number of carbonyl (C=O) groups excluding carboxylic acids is 1. The average Bonchev–Trinajstić information content (AvgIpc) is 3.43. The van der Waals surface area contributed by atoms with Crippen LogP contribution in [-0.2, 0) is 19.0 Å². The van der Waals surface area contributed by atoms with Crippen LogP contribution >= 0.6 is 0 Å². The van der Waals surface area contributed by atoms with E-state index in [1.807, 2.05) is 0 Å². The van der Waals surface area contributed by atoms with E-state index in [0.29, 0.717) is 23.9 Å². The zero-order chi connectivity index (χ0) is 24.5. The summed E-state index contributed by atoms with van der Waals surface area (Å²) in [6.07, 6.45) is 7.41. The van der Waals surface area contributed by atoms with Crippen LogP contribution in [0.5, 0.6) is 0 Å². The van der Waals surface area contributed by atoms with Gasteiger partial charge in [-0.15, -0.1) is 0 Å². The minimum absolute atomic E-state index is 0.0265. The molecule has 7 heteroatoms. The van der Waals surface area contributed by atoms with Gasteiger partial charge in [-0.05, 0) is 111 Å². The highest BCUT2D eigenvalue weighted by molar-refractivity contribution is 5.85. The number of esters is 1. The SMILES string of the molecule is C[C@@H]1O[C@@H](O[C@H]2CC[C@H]3[C@H](CC[C@@H]4[C@@H]3CC[C@]3(C)[C@@H](C5=CC(=O)OC5)CC[C@H]43)C2)[C@@H](O)[C@H](O)[C@H]1O. The molecule has 13 atom stereocenters. The molecule has 35 heavy (non-hydrogen) atoms. The number of aliphatic hydroxyl groups excluding tert-OH is 3. The lowest BCUT2D eigenvalue weighted by Gasteiger charge is -2.56. The number of aliphatic hydroxyl groups is 3. The van der Waals surface area contributed by atoms with Crippen LogP contribution in [0.1, 0.15) is 71.6 Å². The lowest BCUT2D eigenvalue weighted by molar-refractivity contribution is -0.308. The van der Waals surface area contributed by atoms with Crippen molar-refractivity contribution in [1.29, 1.82) is 0 Å². The highest BCUT2D eigenvalue weighted by atomic mass is 16.7. The smallest absolute Gasteiger partial charge is 0.331 e. The van der Waals surface area contributed by atoms with Crippen LogP contribution in [-0.4, -0.2) is 64.7 Å². The Morgan fingerprint density at radius 3 is 2.51 bits per heavy atom. The standard InChI is InChI=1S/C28H42O7/c1-14-24(30)25(31)26(32)27(34-14)35-17-4-6-18-15(11-17)3-5-20-19(18)9-10-28(2)21(7-8-22(20)28)16-12-23(29)33-13-16/h12,14-15,17-22,24-27,30-32H,3-11,13H2,1-2H3/t14-,15+,17-,18-,19+,20+,21+,22+,24-,25+,26-,27-,28+/m0/s1. The Morgan fingerprint density at radius 1 is 0.943 bits per heavy atom. The van der Waals surface area contributed by atoms with Gasteiger partial charge in [0.15, 0.2) is 6.29 Å². The van der Waals surface area contributed by atoms with Gasteiger partial charge in [0.1, 0.15) is 24.9 Å². The van der Waals surface area contributed by atoms with Crippen molar-refractivity contribution in [3.05, 3.63) is 11.6 Å². The molecule has 7 nitrogen and oxygen atoms in total. The minimum atomic E-state index is -1.24. The van der Waals surface area contributed by atoms with Gasteiger partial charge in [0.2, 0.25) is 0 Å². The molecule has 2 heterocycles. The maximum absolute atomic E-state index is 11.7. The van der Waals surface area contributed by atoms with E-state index < -0.39 is 30.7 Å². The van der Waals surface area contributed by atoms with Crippen molar-refractivity contribution in [1.82, 2.24) is 0 Å². The average molecular weight is 491 g/mol. The van der Waals surface area contributed by atoms with E-state index in [9.17, 15) is 20.1 Å². The van der Waals surface area contributed by atoms with Gasteiger partial charge in [-0.25, -0.2) is 4.79 Å². The predicted octanol–water partition coefficient (Wildman–Crippen LogP) is 2.95. The van der Waals surface area contributed by atoms with Gasteiger partial charge in [-0.2, -0.15) is 0 Å². The molecule has 3 N–H and O–H groups in total. The van der Waals surface area contributed by atoms with Crippen molar-refractivity contribution in [2.24, 2.45) is 40.9 Å². The third kappa shape index (κ3) is 4.01. The molecule has 5 fully saturated rings. The van der Waals surface area contributed by atoms with Gasteiger partial charge in [0.25, 0.3) is 0 Å². The number of carbonyl (C=O) groups is 1. The number of rotatable bonds is 3. The monoisotopic (exact) mass is 490 g/mol. The highest BCUT2D eigenvalue weighted by Crippen LogP contribution is 2.65. The molecule has 0 aromatic carbocycles. The van der Waals surface area contributed by atoms with E-state index in [-0.39, 0.29) is 12.1 Å². The summed E-state index contributed by atoms with van der Waals surface area (Å²) in [5.74, 6) is 4.06. The van der Waals surface area contributed by atoms with Crippen LogP contribution in [0.3, 0.4) is 0 Å². The number of fused-ring (bicyclic) bond motifs is 5. The van der Waals surface area contributed by atoms with Crippen LogP contribution in [0.4, 0.5) is 0 Å². The molecule has 0 aromatic heterocycles. The lowest BCUT2D eigenvalue weighted by Crippen LogP contribution is -2.58. The van der Waals surface area contributed by atoms with E-state index >= 15 is 0 Å². The fourth-order valence-electron chi connectivity index (χ4n) is 9.45. The van der Waals surface area contributed by atoms with Gasteiger partial charge in [-0.1, -0.05) is 6.92 Å². The molecule has 1 saturated heterocycles. The molecule has 2 aliphatic heterocycles. The number of ether oxygens (including phenoxy) is 3. The number of cyclic esters (lactones) is 1. The van der Waals surface area contributed by atoms with E-state index in [2.05, 4.69) is 6.92 Å². The Balaban J connectivity index is 1.10. The van der Waals surface area contributed by atoms with Gasteiger partial charge in [0.05, 0.1) is 12.2 Å². The van der Waals surface area contributed by atoms with Crippen molar-refractivity contribution >= 4 is 5.97 Å². The van der Waals surface area contributed by atoms with Crippen molar-refractivity contribution in [3.8, 4) is 0 Å². The normalized spacial score (nSPS) is 53.9. The predicted molar refractivity (Wildman–Crippen MR) is 127 cm³/mol. The van der Waals surface area contributed by atoms with Crippen LogP contribution in [0.2, 0.25) is 0 Å². The Kier molecular flexibility index (Phi) is 6.32. The molecule has 4 saturated carbocycles. The van der Waals surface area contributed by atoms with E-state index in [1.165, 1.54) is 44.1 Å². The second-order valence-corrected chi connectivity index (χ2v) is 12.7. The van der Waals surface area contributed by atoms with E-state index in [0.717, 1.165) is 42.9 Å². The molecule has 0 aromatic rings. The molecule has 6 rings (SSSR count). The van der Waals surface area contributed by atoms with Crippen molar-refractivity contribution < 1.29 is 34.3 Å². The molecule has 0 bridgehead atoms. The van der Waals surface area contributed by atoms with Crippen LogP contribution in [0.25, 0.3) is 0 Å². The van der Waals surface area contributed by atoms with Gasteiger partial charge >= 0.3 is 5.97 Å². The molecule has 0 radical (unpaired) electrons. The number of hydrogen-bond acceptors (Lipinski definition) is 7. The first-order valence-corrected chi connectivity index (χ1v) is 14.0. The molecule has 196 valence electrons. The second-order valence-electron chi connectivity index (χ2n) is 12.7. The molecule has 6 aliphatic rings. The first-order valence-electron chi connectivity index (χ1n) is 14.0. The first kappa shape index (κ1) is 24.4. The Labute approximate surface area is 208 Å². The van der Waals surface area contributed by atoms with E-state index in [1.54, 1.807) is 13.0 Å². The molecular weight excluding hydrogens is 448 g/mol. The lowest BCUT2D eigenvalue weighted by atomic mass is 9.49. The molecule has 0 amide bonds. The van der Waals surface area contributed by atoms with Gasteiger partial charge < -0.3 is 29.5 Å². The third-order valence-electron chi connectivity index (χ3n) is 11.2. The highest BCUT2D eigenvalue weighted by Gasteiger charge is 2.58. The van der Waals surface area contributed by atoms with Crippen molar-refractivity contribution in [2.75, 3.05) is 6.61 Å². The second kappa shape index (κ2) is 9.09. The van der Waals surface area contributed by atoms with Gasteiger partial charge in [0, 0.05) is 6.08 Å². The van der Waals surface area contributed by atoms with E-state index in [4.69, 9.17) is 14.2 Å². The summed E-state index contributed by atoms with van der Waals surface area (Å²) < 4.78 is 17.2. The zero-order valence-electron chi connectivity index (χ0n) is 21.1. The molecular formula is C28H42O7. The van der Waals surface area contributed by atoms with Crippen molar-refractivity contribution in [2.45, 2.75) is 108 Å². The van der Waals surface area contributed by atoms with Crippen molar-refractivity contribution in [3.63, 3.8) is 0 Å². The van der Waals surface area contributed by atoms with Crippen LogP contribution in [0.15, 0.2) is 11.6 Å². The summed E-state index contributed by atoms with van der Waals surface area (Å²) in [6.45, 7) is 4.70. The topological polar surface area (TPSA) is 105 Å². The summed E-state index contributed by atoms with van der Waals surface area (Å²) in [5, 5.41) is 30.5. The fraction of sp³-hybridized carbons (Fsp3) is 0.893. The van der Waals surface area contributed by atoms with Crippen LogP contribution < -0.4 is 0 Å². The summed E-state index contributed by atoms with van der Waals surface area (Å²) in [5.41, 5.74) is 1.54. The Hall–Kier alpha value is -0.990. The summed E-state index contributed by atoms with van der Waals surface area (Å²) in [7, 11) is 0. The fourth-order valence-corrected chi connectivity index (χ4v) is 9.45. The summed E-state index contributed by atoms with van der Waals surface area (Å²) >= 11 is 0. The Bertz CT molecular complexity index is 858. The first-order chi connectivity index (χ1) is 16.8. The van der Waals surface area contributed by atoms with Crippen LogP contribution in [0, 0.1) is 40.9 Å². The quantitative estimate of drug-likeness (QED) is 0.413.